The molecule has 0 radical (unpaired) electrons. The fourth-order valence-electron chi connectivity index (χ4n) is 2.02. The van der Waals surface area contributed by atoms with Crippen molar-refractivity contribution in [2.75, 3.05) is 26.9 Å². The molecule has 2 rings (SSSR count). The Morgan fingerprint density at radius 2 is 2.10 bits per heavy atom. The number of rotatable bonds is 10. The summed E-state index contributed by atoms with van der Waals surface area (Å²) in [6, 6.07) is 0.519. The molecule has 0 unspecified atom stereocenters. The molecule has 0 aromatic carbocycles. The van der Waals surface area contributed by atoms with E-state index in [0.29, 0.717) is 19.3 Å². The van der Waals surface area contributed by atoms with Gasteiger partial charge in [-0.1, -0.05) is 13.8 Å². The predicted molar refractivity (Wildman–Crippen MR) is 82.5 cm³/mol. The number of hydrogen-bond donors (Lipinski definition) is 1. The monoisotopic (exact) mass is 298 g/mol. The van der Waals surface area contributed by atoms with Crippen LogP contribution in [0.4, 0.5) is 0 Å². The van der Waals surface area contributed by atoms with Crippen molar-refractivity contribution in [3.8, 4) is 0 Å². The SMILES string of the molecule is COCCOCCc1nc(C2CC2)c(CNC(C)C)s1. The molecule has 1 heterocycles. The number of methoxy groups -OCH3 is 1. The van der Waals surface area contributed by atoms with E-state index in [-0.39, 0.29) is 0 Å². The normalized spacial score (nSPS) is 15.2. The van der Waals surface area contributed by atoms with Gasteiger partial charge in [-0.3, -0.25) is 0 Å². The van der Waals surface area contributed by atoms with E-state index >= 15 is 0 Å². The number of aromatic nitrogens is 1. The van der Waals surface area contributed by atoms with Crippen molar-refractivity contribution in [3.63, 3.8) is 0 Å². The number of hydrogen-bond acceptors (Lipinski definition) is 5. The minimum Gasteiger partial charge on any atom is -0.382 e. The molecule has 0 saturated heterocycles. The van der Waals surface area contributed by atoms with Crippen molar-refractivity contribution < 1.29 is 9.47 Å². The highest BCUT2D eigenvalue weighted by atomic mass is 32.1. The maximum Gasteiger partial charge on any atom is 0.0954 e. The van der Waals surface area contributed by atoms with Crippen LogP contribution >= 0.6 is 11.3 Å². The molecule has 4 nitrogen and oxygen atoms in total. The van der Waals surface area contributed by atoms with Gasteiger partial charge in [0.05, 0.1) is 30.5 Å². The van der Waals surface area contributed by atoms with Crippen LogP contribution in [0.1, 0.15) is 48.2 Å². The lowest BCUT2D eigenvalue weighted by molar-refractivity contribution is 0.0722. The maximum atomic E-state index is 5.53. The van der Waals surface area contributed by atoms with Gasteiger partial charge >= 0.3 is 0 Å². The van der Waals surface area contributed by atoms with Crippen molar-refractivity contribution in [2.45, 2.75) is 51.6 Å². The molecule has 1 saturated carbocycles. The van der Waals surface area contributed by atoms with Crippen LogP contribution in [0, 0.1) is 0 Å². The second-order valence-corrected chi connectivity index (χ2v) is 6.75. The highest BCUT2D eigenvalue weighted by Gasteiger charge is 2.29. The summed E-state index contributed by atoms with van der Waals surface area (Å²) in [7, 11) is 1.69. The van der Waals surface area contributed by atoms with Gasteiger partial charge in [-0.15, -0.1) is 11.3 Å². The molecule has 114 valence electrons. The fourth-order valence-corrected chi connectivity index (χ4v) is 3.11. The van der Waals surface area contributed by atoms with Gasteiger partial charge in [0.15, 0.2) is 0 Å². The number of thiazole rings is 1. The standard InChI is InChI=1S/C15H26N2O2S/c1-11(2)16-10-13-15(12-4-5-12)17-14(20-13)6-7-19-9-8-18-3/h11-12,16H,4-10H2,1-3H3. The van der Waals surface area contributed by atoms with Gasteiger partial charge in [0, 0.05) is 36.9 Å². The third-order valence-electron chi connectivity index (χ3n) is 3.30. The van der Waals surface area contributed by atoms with Gasteiger partial charge in [-0.25, -0.2) is 4.98 Å². The highest BCUT2D eigenvalue weighted by Crippen LogP contribution is 2.42. The first-order valence-electron chi connectivity index (χ1n) is 7.49. The summed E-state index contributed by atoms with van der Waals surface area (Å²) < 4.78 is 10.5. The molecule has 0 amide bonds. The van der Waals surface area contributed by atoms with Crippen LogP contribution in [0.3, 0.4) is 0 Å². The summed E-state index contributed by atoms with van der Waals surface area (Å²) in [5, 5.41) is 4.72. The summed E-state index contributed by atoms with van der Waals surface area (Å²) in [6.45, 7) is 7.38. The van der Waals surface area contributed by atoms with E-state index in [1.165, 1.54) is 28.4 Å². The van der Waals surface area contributed by atoms with Crippen LogP contribution in [0.2, 0.25) is 0 Å². The van der Waals surface area contributed by atoms with E-state index < -0.39 is 0 Å². The maximum absolute atomic E-state index is 5.53. The number of nitrogens with one attached hydrogen (secondary N) is 1. The van der Waals surface area contributed by atoms with Gasteiger partial charge in [0.25, 0.3) is 0 Å². The van der Waals surface area contributed by atoms with E-state index in [0.717, 1.165) is 25.5 Å². The molecule has 1 aliphatic rings. The van der Waals surface area contributed by atoms with Crippen LogP contribution < -0.4 is 5.32 Å². The molecule has 0 atom stereocenters. The molecule has 1 aliphatic carbocycles. The molecule has 20 heavy (non-hydrogen) atoms. The van der Waals surface area contributed by atoms with Gasteiger partial charge in [-0.05, 0) is 12.8 Å². The minimum absolute atomic E-state index is 0.519. The van der Waals surface area contributed by atoms with Crippen molar-refractivity contribution in [1.29, 1.82) is 0 Å². The molecule has 5 heteroatoms. The quantitative estimate of drug-likeness (QED) is 0.675. The van der Waals surface area contributed by atoms with Crippen LogP contribution in [0.25, 0.3) is 0 Å². The molecular formula is C15H26N2O2S. The topological polar surface area (TPSA) is 43.4 Å². The Balaban J connectivity index is 1.84. The average molecular weight is 298 g/mol. The fraction of sp³-hybridized carbons (Fsp3) is 0.800. The molecule has 0 spiro atoms. The molecule has 1 aromatic heterocycles. The number of ether oxygens (including phenoxy) is 2. The molecule has 1 N–H and O–H groups in total. The van der Waals surface area contributed by atoms with Gasteiger partial charge < -0.3 is 14.8 Å². The predicted octanol–water partition coefficient (Wildman–Crippen LogP) is 2.72. The Kier molecular flexibility index (Phi) is 6.42. The summed E-state index contributed by atoms with van der Waals surface area (Å²) in [4.78, 5) is 6.26. The van der Waals surface area contributed by atoms with E-state index in [2.05, 4.69) is 19.2 Å². The average Bonchev–Trinajstić information content (AvgIpc) is 3.18. The lowest BCUT2D eigenvalue weighted by Crippen LogP contribution is -2.21. The molecular weight excluding hydrogens is 272 g/mol. The first-order valence-corrected chi connectivity index (χ1v) is 8.31. The van der Waals surface area contributed by atoms with E-state index in [1.807, 2.05) is 11.3 Å². The Bertz CT molecular complexity index is 403. The summed E-state index contributed by atoms with van der Waals surface area (Å²) in [5.74, 6) is 0.721. The first kappa shape index (κ1) is 15.9. The third kappa shape index (κ3) is 5.13. The Morgan fingerprint density at radius 1 is 1.30 bits per heavy atom. The van der Waals surface area contributed by atoms with Gasteiger partial charge in [0.1, 0.15) is 0 Å². The largest absolute Gasteiger partial charge is 0.382 e. The van der Waals surface area contributed by atoms with Crippen LogP contribution in [0.5, 0.6) is 0 Å². The zero-order chi connectivity index (χ0) is 14.4. The number of nitrogens with zero attached hydrogens (tertiary/aromatic N) is 1. The van der Waals surface area contributed by atoms with Crippen molar-refractivity contribution in [1.82, 2.24) is 10.3 Å². The van der Waals surface area contributed by atoms with Gasteiger partial charge in [0.2, 0.25) is 0 Å². The molecule has 1 fully saturated rings. The Labute approximate surface area is 125 Å². The Morgan fingerprint density at radius 3 is 2.75 bits per heavy atom. The van der Waals surface area contributed by atoms with E-state index in [4.69, 9.17) is 14.5 Å². The van der Waals surface area contributed by atoms with Crippen molar-refractivity contribution in [2.24, 2.45) is 0 Å². The lowest BCUT2D eigenvalue weighted by Gasteiger charge is -2.07. The van der Waals surface area contributed by atoms with Crippen LogP contribution in [-0.4, -0.2) is 38.0 Å². The first-order chi connectivity index (χ1) is 9.70. The van der Waals surface area contributed by atoms with Crippen molar-refractivity contribution in [3.05, 3.63) is 15.6 Å². The summed E-state index contributed by atoms with van der Waals surface area (Å²) in [6.07, 6.45) is 3.53. The van der Waals surface area contributed by atoms with E-state index in [9.17, 15) is 0 Å². The molecule has 1 aromatic rings. The van der Waals surface area contributed by atoms with Crippen LogP contribution in [-0.2, 0) is 22.4 Å². The third-order valence-corrected chi connectivity index (χ3v) is 4.43. The van der Waals surface area contributed by atoms with Gasteiger partial charge in [-0.2, -0.15) is 0 Å². The lowest BCUT2D eigenvalue weighted by atomic mass is 10.2. The second kappa shape index (κ2) is 8.08. The van der Waals surface area contributed by atoms with E-state index in [1.54, 1.807) is 7.11 Å². The van der Waals surface area contributed by atoms with Crippen LogP contribution in [0.15, 0.2) is 0 Å². The minimum atomic E-state index is 0.519. The zero-order valence-corrected chi connectivity index (χ0v) is 13.6. The molecule has 0 aliphatic heterocycles. The second-order valence-electron chi connectivity index (χ2n) is 5.58. The highest BCUT2D eigenvalue weighted by molar-refractivity contribution is 7.11. The summed E-state index contributed by atoms with van der Waals surface area (Å²) >= 11 is 1.85. The zero-order valence-electron chi connectivity index (χ0n) is 12.8. The Hall–Kier alpha value is -0.490. The smallest absolute Gasteiger partial charge is 0.0954 e. The summed E-state index contributed by atoms with van der Waals surface area (Å²) in [5.41, 5.74) is 1.34. The molecule has 0 bridgehead atoms. The van der Waals surface area contributed by atoms with Crippen molar-refractivity contribution >= 4 is 11.3 Å².